The van der Waals surface area contributed by atoms with Gasteiger partial charge < -0.3 is 19.7 Å². The van der Waals surface area contributed by atoms with Crippen molar-refractivity contribution in [3.63, 3.8) is 0 Å². The molecule has 20 heavy (non-hydrogen) atoms. The number of benzene rings is 1. The Kier molecular flexibility index (Phi) is 4.19. The van der Waals surface area contributed by atoms with E-state index in [1.807, 2.05) is 26.2 Å². The average molecular weight is 275 g/mol. The van der Waals surface area contributed by atoms with Crippen molar-refractivity contribution in [2.75, 3.05) is 38.5 Å². The van der Waals surface area contributed by atoms with Gasteiger partial charge in [0.25, 0.3) is 0 Å². The van der Waals surface area contributed by atoms with Crippen LogP contribution in [-0.4, -0.2) is 43.2 Å². The summed E-state index contributed by atoms with van der Waals surface area (Å²) in [7, 11) is 7.06. The Hall–Kier alpha value is -2.57. The van der Waals surface area contributed by atoms with E-state index >= 15 is 0 Å². The first-order valence-electron chi connectivity index (χ1n) is 6.05. The number of anilines is 2. The van der Waals surface area contributed by atoms with Crippen LogP contribution in [0.25, 0.3) is 0 Å². The Bertz CT molecular complexity index is 571. The summed E-state index contributed by atoms with van der Waals surface area (Å²) in [5, 5.41) is 2.88. The number of nitrogens with zero attached hydrogens (tertiary/aromatic N) is 4. The molecule has 7 heteroatoms. The first kappa shape index (κ1) is 13.9. The molecule has 0 aliphatic carbocycles. The van der Waals surface area contributed by atoms with Crippen LogP contribution in [0.2, 0.25) is 0 Å². The van der Waals surface area contributed by atoms with E-state index in [9.17, 15) is 0 Å². The zero-order valence-corrected chi connectivity index (χ0v) is 11.9. The maximum atomic E-state index is 5.63. The largest absolute Gasteiger partial charge is 0.497 e. The van der Waals surface area contributed by atoms with Crippen molar-refractivity contribution < 1.29 is 9.47 Å². The van der Waals surface area contributed by atoms with Gasteiger partial charge >= 0.3 is 6.01 Å². The summed E-state index contributed by atoms with van der Waals surface area (Å²) < 4.78 is 10.7. The lowest BCUT2D eigenvalue weighted by Crippen LogP contribution is -2.15. The highest BCUT2D eigenvalue weighted by Gasteiger charge is 2.09. The molecule has 1 aromatic carbocycles. The lowest BCUT2D eigenvalue weighted by Gasteiger charge is -2.12. The van der Waals surface area contributed by atoms with Crippen LogP contribution >= 0.6 is 0 Å². The third kappa shape index (κ3) is 3.25. The van der Waals surface area contributed by atoms with Gasteiger partial charge in [0, 0.05) is 21.1 Å². The fourth-order valence-electron chi connectivity index (χ4n) is 1.45. The Morgan fingerprint density at radius 3 is 2.20 bits per heavy atom. The maximum Gasteiger partial charge on any atom is 0.328 e. The second-order valence-corrected chi connectivity index (χ2v) is 4.16. The van der Waals surface area contributed by atoms with Crippen molar-refractivity contribution in [1.29, 1.82) is 0 Å². The summed E-state index contributed by atoms with van der Waals surface area (Å²) in [6.07, 6.45) is 0. The lowest BCUT2D eigenvalue weighted by atomic mass is 10.3. The normalized spacial score (nSPS) is 10.0. The van der Waals surface area contributed by atoms with E-state index < -0.39 is 0 Å². The number of ether oxygens (including phenoxy) is 2. The molecule has 0 aliphatic heterocycles. The first-order valence-corrected chi connectivity index (χ1v) is 6.05. The minimum Gasteiger partial charge on any atom is -0.497 e. The molecule has 0 amide bonds. The second kappa shape index (κ2) is 6.05. The van der Waals surface area contributed by atoms with E-state index in [0.717, 1.165) is 5.75 Å². The lowest BCUT2D eigenvalue weighted by molar-refractivity contribution is 0.410. The third-order valence-electron chi connectivity index (χ3n) is 2.50. The van der Waals surface area contributed by atoms with Crippen LogP contribution in [0.15, 0.2) is 24.3 Å². The molecular formula is C13H17N5O2. The molecule has 0 saturated carbocycles. The van der Waals surface area contributed by atoms with Gasteiger partial charge in [-0.25, -0.2) is 0 Å². The van der Waals surface area contributed by atoms with Crippen LogP contribution in [0.1, 0.15) is 0 Å². The van der Waals surface area contributed by atoms with Crippen molar-refractivity contribution in [3.05, 3.63) is 24.3 Å². The van der Waals surface area contributed by atoms with Crippen LogP contribution in [-0.2, 0) is 0 Å². The number of aromatic nitrogens is 3. The zero-order chi connectivity index (χ0) is 14.5. The van der Waals surface area contributed by atoms with Crippen LogP contribution in [0.4, 0.5) is 11.9 Å². The molecule has 2 aromatic rings. The van der Waals surface area contributed by atoms with Gasteiger partial charge in [0.1, 0.15) is 11.5 Å². The van der Waals surface area contributed by atoms with Gasteiger partial charge in [-0.2, -0.15) is 15.0 Å². The summed E-state index contributed by atoms with van der Waals surface area (Å²) in [4.78, 5) is 14.4. The predicted octanol–water partition coefficient (Wildman–Crippen LogP) is 1.78. The van der Waals surface area contributed by atoms with E-state index in [-0.39, 0.29) is 6.01 Å². The molecule has 0 radical (unpaired) electrons. The highest BCUT2D eigenvalue weighted by atomic mass is 16.5. The molecule has 0 atom stereocenters. The molecule has 1 aromatic heterocycles. The van der Waals surface area contributed by atoms with Crippen LogP contribution in [0.3, 0.4) is 0 Å². The third-order valence-corrected chi connectivity index (χ3v) is 2.50. The van der Waals surface area contributed by atoms with Gasteiger partial charge in [0.05, 0.1) is 7.11 Å². The predicted molar refractivity (Wildman–Crippen MR) is 76.8 cm³/mol. The molecule has 7 nitrogen and oxygen atoms in total. The monoisotopic (exact) mass is 275 g/mol. The van der Waals surface area contributed by atoms with E-state index in [2.05, 4.69) is 20.3 Å². The van der Waals surface area contributed by atoms with Gasteiger partial charge in [-0.1, -0.05) is 0 Å². The number of hydrogen-bond donors (Lipinski definition) is 1. The molecule has 2 rings (SSSR count). The molecule has 0 aliphatic rings. The number of rotatable bonds is 5. The Morgan fingerprint density at radius 2 is 1.65 bits per heavy atom. The molecule has 0 bridgehead atoms. The van der Waals surface area contributed by atoms with E-state index in [0.29, 0.717) is 17.6 Å². The molecule has 0 fully saturated rings. The topological polar surface area (TPSA) is 72.4 Å². The quantitative estimate of drug-likeness (QED) is 0.891. The highest BCUT2D eigenvalue weighted by molar-refractivity contribution is 5.38. The summed E-state index contributed by atoms with van der Waals surface area (Å²) >= 11 is 0. The van der Waals surface area contributed by atoms with Crippen LogP contribution in [0.5, 0.6) is 17.5 Å². The zero-order valence-electron chi connectivity index (χ0n) is 11.9. The van der Waals surface area contributed by atoms with Crippen LogP contribution in [0, 0.1) is 0 Å². The number of nitrogens with one attached hydrogen (secondary N) is 1. The van der Waals surface area contributed by atoms with Gasteiger partial charge in [-0.15, -0.1) is 0 Å². The summed E-state index contributed by atoms with van der Waals surface area (Å²) in [6, 6.07) is 7.43. The minimum atomic E-state index is 0.234. The Balaban J connectivity index is 2.24. The van der Waals surface area contributed by atoms with E-state index in [4.69, 9.17) is 9.47 Å². The molecule has 0 saturated heterocycles. The van der Waals surface area contributed by atoms with Gasteiger partial charge in [0.2, 0.25) is 11.9 Å². The smallest absolute Gasteiger partial charge is 0.328 e. The summed E-state index contributed by atoms with van der Waals surface area (Å²) in [6.45, 7) is 0. The van der Waals surface area contributed by atoms with Crippen molar-refractivity contribution in [2.24, 2.45) is 0 Å². The molecule has 0 unspecified atom stereocenters. The fraction of sp³-hybridized carbons (Fsp3) is 0.308. The highest BCUT2D eigenvalue weighted by Crippen LogP contribution is 2.22. The van der Waals surface area contributed by atoms with E-state index in [1.165, 1.54) is 0 Å². The number of hydrogen-bond acceptors (Lipinski definition) is 7. The van der Waals surface area contributed by atoms with Crippen molar-refractivity contribution in [2.45, 2.75) is 0 Å². The average Bonchev–Trinajstić information content (AvgIpc) is 2.47. The van der Waals surface area contributed by atoms with E-state index in [1.54, 1.807) is 31.2 Å². The van der Waals surface area contributed by atoms with Gasteiger partial charge in [-0.3, -0.25) is 0 Å². The number of methoxy groups -OCH3 is 1. The maximum absolute atomic E-state index is 5.63. The molecule has 1 N–H and O–H groups in total. The Labute approximate surface area is 117 Å². The summed E-state index contributed by atoms with van der Waals surface area (Å²) in [5.41, 5.74) is 0. The molecule has 0 spiro atoms. The minimum absolute atomic E-state index is 0.234. The molecule has 106 valence electrons. The van der Waals surface area contributed by atoms with Crippen LogP contribution < -0.4 is 19.7 Å². The van der Waals surface area contributed by atoms with Gasteiger partial charge in [0.15, 0.2) is 0 Å². The molecule has 1 heterocycles. The van der Waals surface area contributed by atoms with Crippen molar-refractivity contribution in [1.82, 2.24) is 15.0 Å². The first-order chi connectivity index (χ1) is 9.62. The fourth-order valence-corrected chi connectivity index (χ4v) is 1.45. The van der Waals surface area contributed by atoms with Gasteiger partial charge in [-0.05, 0) is 24.3 Å². The van der Waals surface area contributed by atoms with Crippen molar-refractivity contribution in [3.8, 4) is 17.5 Å². The standard InChI is InChI=1S/C13H17N5O2/c1-14-11-15-12(18(2)3)17-13(16-11)20-10-7-5-9(19-4)6-8-10/h5-8H,1-4H3,(H,14,15,16,17). The molecular weight excluding hydrogens is 258 g/mol. The Morgan fingerprint density at radius 1 is 1.00 bits per heavy atom. The second-order valence-electron chi connectivity index (χ2n) is 4.16. The SMILES string of the molecule is CNc1nc(Oc2ccc(OC)cc2)nc(N(C)C)n1. The van der Waals surface area contributed by atoms with Crippen molar-refractivity contribution >= 4 is 11.9 Å². The summed E-state index contributed by atoms with van der Waals surface area (Å²) in [5.74, 6) is 2.36.